The van der Waals surface area contributed by atoms with Gasteiger partial charge in [-0.05, 0) is 18.1 Å². The van der Waals surface area contributed by atoms with Gasteiger partial charge >= 0.3 is 21.3 Å². The maximum absolute atomic E-state index is 12.0. The first-order valence-corrected chi connectivity index (χ1v) is 13.1. The number of nitrogens with one attached hydrogen (secondary N) is 1. The topological polar surface area (TPSA) is 218 Å². The summed E-state index contributed by atoms with van der Waals surface area (Å²) in [5.41, 5.74) is 5.69. The van der Waals surface area contributed by atoms with Gasteiger partial charge in [0.1, 0.15) is 18.3 Å². The predicted octanol–water partition coefficient (Wildman–Crippen LogP) is -0.157. The van der Waals surface area contributed by atoms with E-state index in [2.05, 4.69) is 0 Å². The van der Waals surface area contributed by atoms with Crippen molar-refractivity contribution in [3.8, 4) is 0 Å². The molecule has 6 atom stereocenters. The molecule has 14 nitrogen and oxygen atoms in total. The van der Waals surface area contributed by atoms with Gasteiger partial charge in [0.15, 0.2) is 0 Å². The Morgan fingerprint density at radius 3 is 2.61 bits per heavy atom. The predicted molar refractivity (Wildman–Crippen MR) is 127 cm³/mol. The van der Waals surface area contributed by atoms with Gasteiger partial charge in [-0.3, -0.25) is 19.1 Å². The summed E-state index contributed by atoms with van der Waals surface area (Å²) >= 11 is 0.882. The van der Waals surface area contributed by atoms with Crippen LogP contribution in [0.4, 0.5) is 5.00 Å². The minimum absolute atomic E-state index is 0.0218. The van der Waals surface area contributed by atoms with E-state index >= 15 is 0 Å². The fourth-order valence-electron chi connectivity index (χ4n) is 3.10. The number of amides is 1. The molecule has 1 aliphatic heterocycles. The number of hydrogen-bond acceptors (Lipinski definition) is 13. The molecule has 202 valence electrons. The molecule has 0 saturated carbocycles. The molecule has 1 aromatic heterocycles. The highest BCUT2D eigenvalue weighted by Crippen LogP contribution is 2.26. The Morgan fingerprint density at radius 2 is 2.00 bits per heavy atom. The molecule has 36 heavy (non-hydrogen) atoms. The van der Waals surface area contributed by atoms with Gasteiger partial charge in [0.2, 0.25) is 0 Å². The van der Waals surface area contributed by atoms with Crippen LogP contribution < -0.4 is 10.5 Å². The average molecular weight is 552 g/mol. The third-order valence-corrected chi connectivity index (χ3v) is 7.36. The van der Waals surface area contributed by atoms with Crippen molar-refractivity contribution in [2.24, 2.45) is 11.7 Å². The van der Waals surface area contributed by atoms with Crippen LogP contribution >= 0.6 is 11.3 Å². The second kappa shape index (κ2) is 13.2. The van der Waals surface area contributed by atoms with Crippen molar-refractivity contribution in [3.63, 3.8) is 0 Å². The minimum atomic E-state index is -4.54. The number of thiophene rings is 1. The van der Waals surface area contributed by atoms with Crippen LogP contribution in [0, 0.1) is 16.0 Å². The molecule has 2 heterocycles. The van der Waals surface area contributed by atoms with E-state index in [4.69, 9.17) is 19.4 Å². The fraction of sp³-hybridized carbons (Fsp3) is 0.600. The Bertz CT molecular complexity index is 1060. The van der Waals surface area contributed by atoms with Gasteiger partial charge in [0, 0.05) is 23.4 Å². The molecule has 16 heteroatoms. The number of nitrogens with zero attached hydrogens (tertiary/aromatic N) is 1. The highest BCUT2D eigenvalue weighted by molar-refractivity contribution is 7.85. The lowest BCUT2D eigenvalue weighted by atomic mass is 10.00. The van der Waals surface area contributed by atoms with Crippen LogP contribution in [-0.4, -0.2) is 79.1 Å². The Labute approximate surface area is 211 Å². The minimum Gasteiger partial charge on any atom is -0.462 e. The van der Waals surface area contributed by atoms with Crippen molar-refractivity contribution in [2.45, 2.75) is 57.1 Å². The lowest BCUT2D eigenvalue weighted by Gasteiger charge is -2.18. The maximum atomic E-state index is 12.0. The van der Waals surface area contributed by atoms with Crippen LogP contribution in [0.1, 0.15) is 31.6 Å². The molecule has 2 rings (SSSR count). The zero-order valence-corrected chi connectivity index (χ0v) is 21.1. The molecular formula is C20H29N3O11S2. The van der Waals surface area contributed by atoms with Gasteiger partial charge < -0.3 is 25.4 Å². The summed E-state index contributed by atoms with van der Waals surface area (Å²) in [6.07, 6.45) is -2.14. The van der Waals surface area contributed by atoms with Crippen molar-refractivity contribution < 1.29 is 46.8 Å². The number of aliphatic hydroxyl groups is 2. The van der Waals surface area contributed by atoms with Gasteiger partial charge in [-0.1, -0.05) is 31.6 Å². The zero-order valence-electron chi connectivity index (χ0n) is 19.5. The smallest absolute Gasteiger partial charge is 0.362 e. The highest BCUT2D eigenvalue weighted by Gasteiger charge is 2.43. The molecule has 1 saturated heterocycles. The Hall–Kier alpha value is -2.47. The SMILES string of the molecule is CCC(C)C(N)C(=O)NS(=O)(=O)OCC1OC(CCOC(=O)C=Cc2ccc([N+](=O)[O-])s2)C(O)C1O. The van der Waals surface area contributed by atoms with Crippen molar-refractivity contribution in [2.75, 3.05) is 13.2 Å². The van der Waals surface area contributed by atoms with Gasteiger partial charge in [-0.2, -0.15) is 8.42 Å². The van der Waals surface area contributed by atoms with E-state index in [0.717, 1.165) is 17.4 Å². The van der Waals surface area contributed by atoms with Crippen LogP contribution in [-0.2, 0) is 33.6 Å². The molecule has 6 unspecified atom stereocenters. The molecule has 0 radical (unpaired) electrons. The number of esters is 1. The van der Waals surface area contributed by atoms with Gasteiger partial charge in [-0.25, -0.2) is 9.52 Å². The number of rotatable bonds is 13. The summed E-state index contributed by atoms with van der Waals surface area (Å²) in [6, 6.07) is 1.72. The number of nitro groups is 1. The van der Waals surface area contributed by atoms with E-state index in [1.54, 1.807) is 18.6 Å². The first-order chi connectivity index (χ1) is 16.8. The molecule has 0 bridgehead atoms. The number of aliphatic hydroxyl groups excluding tert-OH is 2. The lowest BCUT2D eigenvalue weighted by Crippen LogP contribution is -2.47. The van der Waals surface area contributed by atoms with Crippen molar-refractivity contribution in [1.29, 1.82) is 0 Å². The molecule has 0 aromatic carbocycles. The second-order valence-electron chi connectivity index (χ2n) is 8.03. The first-order valence-electron chi connectivity index (χ1n) is 10.9. The van der Waals surface area contributed by atoms with E-state index in [9.17, 15) is 38.3 Å². The molecule has 1 fully saturated rings. The second-order valence-corrected chi connectivity index (χ2v) is 10.5. The van der Waals surface area contributed by atoms with Crippen molar-refractivity contribution in [3.05, 3.63) is 33.2 Å². The number of ether oxygens (including phenoxy) is 2. The van der Waals surface area contributed by atoms with Crippen LogP contribution in [0.5, 0.6) is 0 Å². The third-order valence-electron chi connectivity index (χ3n) is 5.46. The molecule has 5 N–H and O–H groups in total. The fourth-order valence-corrected chi connectivity index (χ4v) is 4.57. The molecule has 1 aromatic rings. The van der Waals surface area contributed by atoms with E-state index in [0.29, 0.717) is 11.3 Å². The molecular weight excluding hydrogens is 522 g/mol. The highest BCUT2D eigenvalue weighted by atomic mass is 32.2. The Balaban J connectivity index is 1.78. The number of hydrogen-bond donors (Lipinski definition) is 4. The summed E-state index contributed by atoms with van der Waals surface area (Å²) in [7, 11) is -4.54. The first kappa shape index (κ1) is 29.8. The van der Waals surface area contributed by atoms with E-state index in [-0.39, 0.29) is 23.9 Å². The zero-order chi connectivity index (χ0) is 27.0. The van der Waals surface area contributed by atoms with Gasteiger partial charge in [-0.15, -0.1) is 0 Å². The van der Waals surface area contributed by atoms with Crippen molar-refractivity contribution >= 4 is 44.6 Å². The van der Waals surface area contributed by atoms with E-state index in [1.165, 1.54) is 18.2 Å². The standard InChI is InChI=1S/C20H29N3O11S2/c1-3-11(2)17(21)20(27)22-36(30,31)33-10-14-19(26)18(25)13(34-14)8-9-32-16(24)7-5-12-4-6-15(35-12)23(28)29/h4-7,11,13-14,17-19,25-26H,3,8-10,21H2,1-2H3,(H,22,27). The average Bonchev–Trinajstić information content (AvgIpc) is 3.41. The quantitative estimate of drug-likeness (QED) is 0.109. The van der Waals surface area contributed by atoms with Crippen LogP contribution in [0.25, 0.3) is 6.08 Å². The van der Waals surface area contributed by atoms with Gasteiger partial charge in [0.25, 0.3) is 5.91 Å². The Morgan fingerprint density at radius 1 is 1.33 bits per heavy atom. The number of carbonyl (C=O) groups is 2. The lowest BCUT2D eigenvalue weighted by molar-refractivity contribution is -0.380. The van der Waals surface area contributed by atoms with Crippen LogP contribution in [0.3, 0.4) is 0 Å². The largest absolute Gasteiger partial charge is 0.462 e. The Kier molecular flexibility index (Phi) is 10.9. The monoisotopic (exact) mass is 551 g/mol. The normalized spacial score (nSPS) is 23.9. The molecule has 1 aliphatic rings. The summed E-state index contributed by atoms with van der Waals surface area (Å²) in [5.74, 6) is -1.95. The summed E-state index contributed by atoms with van der Waals surface area (Å²) in [5, 5.41) is 30.9. The van der Waals surface area contributed by atoms with Crippen LogP contribution in [0.2, 0.25) is 0 Å². The third kappa shape index (κ3) is 8.58. The van der Waals surface area contributed by atoms with Crippen LogP contribution in [0.15, 0.2) is 18.2 Å². The number of carbonyl (C=O) groups excluding carboxylic acids is 2. The summed E-state index contributed by atoms with van der Waals surface area (Å²) < 4.78 is 40.9. The molecule has 1 amide bonds. The van der Waals surface area contributed by atoms with Crippen molar-refractivity contribution in [1.82, 2.24) is 4.72 Å². The molecule has 0 aliphatic carbocycles. The molecule has 0 spiro atoms. The van der Waals surface area contributed by atoms with E-state index in [1.807, 2.05) is 0 Å². The summed E-state index contributed by atoms with van der Waals surface area (Å²) in [4.78, 5) is 34.4. The van der Waals surface area contributed by atoms with E-state index < -0.39 is 64.2 Å². The summed E-state index contributed by atoms with van der Waals surface area (Å²) in [6.45, 7) is 2.60. The number of nitrogens with two attached hydrogens (primary N) is 1. The maximum Gasteiger partial charge on any atom is 0.362 e. The van der Waals surface area contributed by atoms with Gasteiger partial charge in [0.05, 0.1) is 30.3 Å².